The summed E-state index contributed by atoms with van der Waals surface area (Å²) in [5.41, 5.74) is 6.14. The Labute approximate surface area is 67.8 Å². The molecular formula is C6H5BrNS-. The number of benzene rings is 1. The lowest BCUT2D eigenvalue weighted by molar-refractivity contribution is 1.45. The van der Waals surface area contributed by atoms with E-state index in [1.54, 1.807) is 12.1 Å². The number of hydrogen-bond donors (Lipinski definition) is 1. The van der Waals surface area contributed by atoms with Gasteiger partial charge in [-0.25, -0.2) is 0 Å². The van der Waals surface area contributed by atoms with Crippen LogP contribution in [-0.4, -0.2) is 0 Å². The van der Waals surface area contributed by atoms with Crippen molar-refractivity contribution in [2.24, 2.45) is 0 Å². The first kappa shape index (κ1) is 6.83. The zero-order chi connectivity index (χ0) is 6.85. The van der Waals surface area contributed by atoms with Crippen LogP contribution in [0.1, 0.15) is 0 Å². The van der Waals surface area contributed by atoms with Gasteiger partial charge in [-0.3, -0.25) is 0 Å². The predicted octanol–water partition coefficient (Wildman–Crippen LogP) is 1.94. The summed E-state index contributed by atoms with van der Waals surface area (Å²) >= 11 is 8.14. The topological polar surface area (TPSA) is 26.0 Å². The molecule has 3 heteroatoms. The predicted molar refractivity (Wildman–Crippen MR) is 44.2 cm³/mol. The molecule has 0 unspecified atom stereocenters. The molecular weight excluding hydrogens is 198 g/mol. The summed E-state index contributed by atoms with van der Waals surface area (Å²) in [6, 6.07) is 5.47. The van der Waals surface area contributed by atoms with Crippen LogP contribution in [0.5, 0.6) is 0 Å². The molecule has 9 heavy (non-hydrogen) atoms. The molecule has 2 N–H and O–H groups in total. The molecule has 0 aromatic heterocycles. The summed E-state index contributed by atoms with van der Waals surface area (Å²) in [7, 11) is 0. The highest BCUT2D eigenvalue weighted by Crippen LogP contribution is 2.17. The fourth-order valence-electron chi connectivity index (χ4n) is 0.519. The van der Waals surface area contributed by atoms with Gasteiger partial charge < -0.3 is 18.4 Å². The van der Waals surface area contributed by atoms with E-state index in [0.717, 1.165) is 4.47 Å². The molecule has 0 bridgehead atoms. The van der Waals surface area contributed by atoms with E-state index in [9.17, 15) is 0 Å². The monoisotopic (exact) mass is 202 g/mol. The minimum Gasteiger partial charge on any atom is -0.778 e. The summed E-state index contributed by atoms with van der Waals surface area (Å²) in [5.74, 6) is 0. The van der Waals surface area contributed by atoms with Crippen LogP contribution in [0.3, 0.4) is 0 Å². The van der Waals surface area contributed by atoms with Gasteiger partial charge >= 0.3 is 0 Å². The molecule has 1 aromatic rings. The lowest BCUT2D eigenvalue weighted by atomic mass is 10.3. The first-order valence-corrected chi connectivity index (χ1v) is 3.62. The minimum absolute atomic E-state index is 0.652. The van der Waals surface area contributed by atoms with E-state index in [-0.39, 0.29) is 0 Å². The summed E-state index contributed by atoms with van der Waals surface area (Å²) in [6.07, 6.45) is 0. The van der Waals surface area contributed by atoms with Crippen LogP contribution in [0.25, 0.3) is 0 Å². The van der Waals surface area contributed by atoms with Crippen molar-refractivity contribution in [3.05, 3.63) is 22.7 Å². The second-order valence-corrected chi connectivity index (χ2v) is 3.04. The first-order chi connectivity index (χ1) is 4.20. The Morgan fingerprint density at radius 1 is 1.44 bits per heavy atom. The fraction of sp³-hybridized carbons (Fsp3) is 0. The molecule has 0 saturated heterocycles. The zero-order valence-corrected chi connectivity index (χ0v) is 7.00. The van der Waals surface area contributed by atoms with Crippen molar-refractivity contribution < 1.29 is 0 Å². The number of nitrogens with two attached hydrogens (primary N) is 1. The molecule has 0 spiro atoms. The van der Waals surface area contributed by atoms with Gasteiger partial charge in [-0.15, -0.1) is 0 Å². The quantitative estimate of drug-likeness (QED) is 0.515. The fourth-order valence-corrected chi connectivity index (χ4v) is 1.03. The molecule has 0 radical (unpaired) electrons. The van der Waals surface area contributed by atoms with Gasteiger partial charge in [0.2, 0.25) is 0 Å². The Morgan fingerprint density at radius 3 is 2.56 bits per heavy atom. The SMILES string of the molecule is Nc1cc(Br)ccc1[S-]. The van der Waals surface area contributed by atoms with E-state index in [0.29, 0.717) is 10.6 Å². The average molecular weight is 203 g/mol. The van der Waals surface area contributed by atoms with Crippen LogP contribution in [-0.2, 0) is 12.6 Å². The average Bonchev–Trinajstić information content (AvgIpc) is 1.80. The Kier molecular flexibility index (Phi) is 1.93. The van der Waals surface area contributed by atoms with Gasteiger partial charge in [0.1, 0.15) is 0 Å². The van der Waals surface area contributed by atoms with Crippen molar-refractivity contribution in [3.63, 3.8) is 0 Å². The number of nitrogen functional groups attached to an aromatic ring is 1. The summed E-state index contributed by atoms with van der Waals surface area (Å²) in [6.45, 7) is 0. The molecule has 0 fully saturated rings. The van der Waals surface area contributed by atoms with Crippen molar-refractivity contribution in [2.45, 2.75) is 4.90 Å². The van der Waals surface area contributed by atoms with E-state index in [1.165, 1.54) is 0 Å². The minimum atomic E-state index is 0.652. The number of rotatable bonds is 0. The Balaban J connectivity index is 3.17. The molecule has 0 aliphatic heterocycles. The molecule has 0 atom stereocenters. The molecule has 48 valence electrons. The smallest absolute Gasteiger partial charge is 0.0194 e. The van der Waals surface area contributed by atoms with Crippen LogP contribution < -0.4 is 5.73 Å². The molecule has 1 rings (SSSR count). The Morgan fingerprint density at radius 2 is 2.11 bits per heavy atom. The zero-order valence-electron chi connectivity index (χ0n) is 4.60. The van der Waals surface area contributed by atoms with E-state index in [4.69, 9.17) is 18.4 Å². The highest BCUT2D eigenvalue weighted by Gasteiger charge is 1.85. The van der Waals surface area contributed by atoms with Gasteiger partial charge in [0, 0.05) is 10.2 Å². The van der Waals surface area contributed by atoms with Crippen molar-refractivity contribution in [1.29, 1.82) is 0 Å². The van der Waals surface area contributed by atoms with Gasteiger partial charge in [-0.2, -0.15) is 4.90 Å². The van der Waals surface area contributed by atoms with Gasteiger partial charge in [0.15, 0.2) is 0 Å². The molecule has 0 aliphatic rings. The number of halogens is 1. The van der Waals surface area contributed by atoms with Crippen LogP contribution in [0.4, 0.5) is 5.69 Å². The second-order valence-electron chi connectivity index (χ2n) is 1.68. The first-order valence-electron chi connectivity index (χ1n) is 2.42. The van der Waals surface area contributed by atoms with Crippen molar-refractivity contribution in [2.75, 3.05) is 5.73 Å². The molecule has 0 amide bonds. The summed E-state index contributed by atoms with van der Waals surface area (Å²) < 4.78 is 0.966. The van der Waals surface area contributed by atoms with Crippen LogP contribution in [0.2, 0.25) is 0 Å². The third-order valence-corrected chi connectivity index (χ3v) is 1.84. The maximum atomic E-state index is 5.49. The molecule has 0 heterocycles. The Bertz CT molecular complexity index is 224. The van der Waals surface area contributed by atoms with Gasteiger partial charge in [-0.1, -0.05) is 22.0 Å². The lowest BCUT2D eigenvalue weighted by Gasteiger charge is -2.08. The number of anilines is 1. The van der Waals surface area contributed by atoms with Gasteiger partial charge in [-0.05, 0) is 12.1 Å². The van der Waals surface area contributed by atoms with Crippen molar-refractivity contribution in [3.8, 4) is 0 Å². The Hall–Kier alpha value is -0.280. The molecule has 0 aliphatic carbocycles. The summed E-state index contributed by atoms with van der Waals surface area (Å²) in [4.78, 5) is 0.707. The highest BCUT2D eigenvalue weighted by molar-refractivity contribution is 9.10. The second kappa shape index (κ2) is 2.54. The standard InChI is InChI=1S/C6H6BrNS/c7-4-1-2-6(9)5(8)3-4/h1-3,9H,8H2/p-1. The third kappa shape index (κ3) is 1.56. The molecule has 1 aromatic carbocycles. The van der Waals surface area contributed by atoms with E-state index in [2.05, 4.69) is 15.9 Å². The number of hydrogen-bond acceptors (Lipinski definition) is 2. The highest BCUT2D eigenvalue weighted by atomic mass is 79.9. The lowest BCUT2D eigenvalue weighted by Crippen LogP contribution is -1.86. The largest absolute Gasteiger partial charge is 0.778 e. The van der Waals surface area contributed by atoms with Crippen LogP contribution >= 0.6 is 15.9 Å². The van der Waals surface area contributed by atoms with Crippen molar-refractivity contribution in [1.82, 2.24) is 0 Å². The van der Waals surface area contributed by atoms with Crippen LogP contribution in [0, 0.1) is 0 Å². The van der Waals surface area contributed by atoms with Crippen LogP contribution in [0.15, 0.2) is 27.6 Å². The van der Waals surface area contributed by atoms with E-state index in [1.807, 2.05) is 6.07 Å². The van der Waals surface area contributed by atoms with E-state index < -0.39 is 0 Å². The maximum absolute atomic E-state index is 5.49. The normalized spacial score (nSPS) is 9.44. The molecule has 0 saturated carbocycles. The van der Waals surface area contributed by atoms with Gasteiger partial charge in [0.25, 0.3) is 0 Å². The van der Waals surface area contributed by atoms with Crippen molar-refractivity contribution >= 4 is 34.2 Å². The molecule has 1 nitrogen and oxygen atoms in total. The third-order valence-electron chi connectivity index (χ3n) is 0.972. The summed E-state index contributed by atoms with van der Waals surface area (Å²) in [5, 5.41) is 0. The van der Waals surface area contributed by atoms with E-state index >= 15 is 0 Å². The van der Waals surface area contributed by atoms with Gasteiger partial charge in [0.05, 0.1) is 0 Å². The maximum Gasteiger partial charge on any atom is 0.0194 e.